The van der Waals surface area contributed by atoms with Gasteiger partial charge >= 0.3 is 0 Å². The molecular formula is C19H36N4O2. The number of carbonyl (C=O) groups is 1. The van der Waals surface area contributed by atoms with Crippen molar-refractivity contribution in [2.75, 3.05) is 65.6 Å². The molecule has 3 rings (SSSR count). The number of piperidine rings is 1. The number of morpholine rings is 1. The molecule has 1 amide bonds. The molecule has 144 valence electrons. The molecule has 3 fully saturated rings. The van der Waals surface area contributed by atoms with E-state index in [2.05, 4.69) is 33.9 Å². The molecule has 3 aliphatic heterocycles. The summed E-state index contributed by atoms with van der Waals surface area (Å²) in [4.78, 5) is 19.8. The standard InChI is InChI=1S/C19H36N4O2/c1-19(2,23-11-13-25-14-12-23)16-20-18(24)15-21-9-5-17(6-10-21)22-7-3-4-8-22/h17H,3-16H2,1-2H3,(H,20,24). The molecule has 0 aliphatic carbocycles. The van der Waals surface area contributed by atoms with Gasteiger partial charge in [-0.05, 0) is 52.6 Å². The van der Waals surface area contributed by atoms with E-state index in [4.69, 9.17) is 4.74 Å². The van der Waals surface area contributed by atoms with Gasteiger partial charge in [-0.3, -0.25) is 14.6 Å². The highest BCUT2D eigenvalue weighted by Crippen LogP contribution is 2.21. The van der Waals surface area contributed by atoms with Crippen molar-refractivity contribution in [1.29, 1.82) is 0 Å². The van der Waals surface area contributed by atoms with E-state index in [9.17, 15) is 4.79 Å². The lowest BCUT2D eigenvalue weighted by atomic mass is 10.0. The minimum Gasteiger partial charge on any atom is -0.379 e. The molecule has 0 radical (unpaired) electrons. The van der Waals surface area contributed by atoms with Crippen LogP contribution in [0.2, 0.25) is 0 Å². The average Bonchev–Trinajstić information content (AvgIpc) is 3.16. The SMILES string of the molecule is CC(C)(CNC(=O)CN1CCC(N2CCCC2)CC1)N1CCOCC1. The van der Waals surface area contributed by atoms with E-state index in [-0.39, 0.29) is 11.4 Å². The average molecular weight is 353 g/mol. The van der Waals surface area contributed by atoms with E-state index >= 15 is 0 Å². The molecule has 0 aromatic heterocycles. The fourth-order valence-electron chi connectivity index (χ4n) is 4.40. The number of hydrogen-bond donors (Lipinski definition) is 1. The van der Waals surface area contributed by atoms with Gasteiger partial charge in [0.2, 0.25) is 5.91 Å². The zero-order valence-corrected chi connectivity index (χ0v) is 16.1. The summed E-state index contributed by atoms with van der Waals surface area (Å²) >= 11 is 0. The van der Waals surface area contributed by atoms with E-state index < -0.39 is 0 Å². The maximum absolute atomic E-state index is 12.4. The van der Waals surface area contributed by atoms with Gasteiger partial charge in [0.1, 0.15) is 0 Å². The molecule has 1 N–H and O–H groups in total. The lowest BCUT2D eigenvalue weighted by Gasteiger charge is -2.41. The smallest absolute Gasteiger partial charge is 0.234 e. The van der Waals surface area contributed by atoms with Crippen LogP contribution in [-0.4, -0.2) is 97.8 Å². The van der Waals surface area contributed by atoms with E-state index in [1.807, 2.05) is 0 Å². The predicted molar refractivity (Wildman–Crippen MR) is 99.7 cm³/mol. The number of nitrogens with zero attached hydrogens (tertiary/aromatic N) is 3. The number of nitrogens with one attached hydrogen (secondary N) is 1. The monoisotopic (exact) mass is 352 g/mol. The second-order valence-electron chi connectivity index (χ2n) is 8.44. The number of hydrogen-bond acceptors (Lipinski definition) is 5. The van der Waals surface area contributed by atoms with Crippen molar-refractivity contribution in [1.82, 2.24) is 20.0 Å². The van der Waals surface area contributed by atoms with Gasteiger partial charge < -0.3 is 15.0 Å². The summed E-state index contributed by atoms with van der Waals surface area (Å²) in [7, 11) is 0. The van der Waals surface area contributed by atoms with Gasteiger partial charge in [-0.25, -0.2) is 0 Å². The maximum atomic E-state index is 12.4. The summed E-state index contributed by atoms with van der Waals surface area (Å²) in [5.74, 6) is 0.168. The molecule has 0 aromatic carbocycles. The van der Waals surface area contributed by atoms with Crippen LogP contribution in [0.15, 0.2) is 0 Å². The van der Waals surface area contributed by atoms with Crippen LogP contribution in [-0.2, 0) is 9.53 Å². The van der Waals surface area contributed by atoms with Crippen LogP contribution in [0.5, 0.6) is 0 Å². The fourth-order valence-corrected chi connectivity index (χ4v) is 4.40. The molecule has 3 heterocycles. The molecule has 0 spiro atoms. The fraction of sp³-hybridized carbons (Fsp3) is 0.947. The summed E-state index contributed by atoms with van der Waals surface area (Å²) in [6.45, 7) is 13.8. The van der Waals surface area contributed by atoms with Crippen molar-refractivity contribution in [3.63, 3.8) is 0 Å². The van der Waals surface area contributed by atoms with Crippen LogP contribution in [0.3, 0.4) is 0 Å². The van der Waals surface area contributed by atoms with Gasteiger partial charge in [-0.15, -0.1) is 0 Å². The molecule has 0 unspecified atom stereocenters. The molecule has 3 saturated heterocycles. The minimum atomic E-state index is -0.0117. The molecule has 0 saturated carbocycles. The second kappa shape index (κ2) is 8.80. The van der Waals surface area contributed by atoms with Gasteiger partial charge in [0, 0.05) is 44.3 Å². The first-order chi connectivity index (χ1) is 12.0. The first-order valence-electron chi connectivity index (χ1n) is 10.1. The summed E-state index contributed by atoms with van der Waals surface area (Å²) in [5, 5.41) is 3.16. The number of ether oxygens (including phenoxy) is 1. The Morgan fingerprint density at radius 2 is 1.68 bits per heavy atom. The van der Waals surface area contributed by atoms with Crippen LogP contribution < -0.4 is 5.32 Å². The molecule has 0 aromatic rings. The van der Waals surface area contributed by atoms with Crippen LogP contribution >= 0.6 is 0 Å². The Morgan fingerprint density at radius 3 is 2.32 bits per heavy atom. The summed E-state index contributed by atoms with van der Waals surface area (Å²) in [5.41, 5.74) is -0.0117. The number of carbonyl (C=O) groups excluding carboxylic acids is 1. The zero-order valence-electron chi connectivity index (χ0n) is 16.1. The quantitative estimate of drug-likeness (QED) is 0.765. The van der Waals surface area contributed by atoms with Crippen molar-refractivity contribution in [2.45, 2.75) is 51.1 Å². The van der Waals surface area contributed by atoms with Crippen LogP contribution in [0.1, 0.15) is 39.5 Å². The molecule has 6 nitrogen and oxygen atoms in total. The normalized spacial score (nSPS) is 25.4. The van der Waals surface area contributed by atoms with Gasteiger partial charge in [-0.1, -0.05) is 0 Å². The van der Waals surface area contributed by atoms with Crippen LogP contribution in [0.25, 0.3) is 0 Å². The lowest BCUT2D eigenvalue weighted by molar-refractivity contribution is -0.123. The third-order valence-electron chi connectivity index (χ3n) is 6.17. The van der Waals surface area contributed by atoms with Crippen molar-refractivity contribution < 1.29 is 9.53 Å². The Balaban J connectivity index is 1.35. The third-order valence-corrected chi connectivity index (χ3v) is 6.17. The molecule has 25 heavy (non-hydrogen) atoms. The van der Waals surface area contributed by atoms with E-state index in [1.165, 1.54) is 38.8 Å². The van der Waals surface area contributed by atoms with Gasteiger partial charge in [0.25, 0.3) is 0 Å². The Morgan fingerprint density at radius 1 is 1.04 bits per heavy atom. The van der Waals surface area contributed by atoms with E-state index in [0.29, 0.717) is 13.1 Å². The first kappa shape index (κ1) is 19.1. The molecule has 0 atom stereocenters. The van der Waals surface area contributed by atoms with Crippen molar-refractivity contribution in [3.8, 4) is 0 Å². The highest BCUT2D eigenvalue weighted by Gasteiger charge is 2.30. The number of rotatable bonds is 6. The molecule has 0 bridgehead atoms. The second-order valence-corrected chi connectivity index (χ2v) is 8.44. The van der Waals surface area contributed by atoms with Crippen molar-refractivity contribution in [3.05, 3.63) is 0 Å². The third kappa shape index (κ3) is 5.39. The Kier molecular flexibility index (Phi) is 6.72. The van der Waals surface area contributed by atoms with Gasteiger partial charge in [-0.2, -0.15) is 0 Å². The number of amides is 1. The van der Waals surface area contributed by atoms with E-state index in [0.717, 1.165) is 45.4 Å². The summed E-state index contributed by atoms with van der Waals surface area (Å²) in [6.07, 6.45) is 5.15. The molecular weight excluding hydrogens is 316 g/mol. The minimum absolute atomic E-state index is 0.0117. The van der Waals surface area contributed by atoms with E-state index in [1.54, 1.807) is 0 Å². The maximum Gasteiger partial charge on any atom is 0.234 e. The van der Waals surface area contributed by atoms with Gasteiger partial charge in [0.15, 0.2) is 0 Å². The predicted octanol–water partition coefficient (Wildman–Crippen LogP) is 0.774. The Labute approximate surface area is 152 Å². The number of likely N-dealkylation sites (tertiary alicyclic amines) is 2. The van der Waals surface area contributed by atoms with Crippen molar-refractivity contribution >= 4 is 5.91 Å². The zero-order chi connectivity index (χ0) is 17.7. The van der Waals surface area contributed by atoms with Crippen LogP contribution in [0, 0.1) is 0 Å². The van der Waals surface area contributed by atoms with Gasteiger partial charge in [0.05, 0.1) is 19.8 Å². The van der Waals surface area contributed by atoms with Crippen LogP contribution in [0.4, 0.5) is 0 Å². The highest BCUT2D eigenvalue weighted by molar-refractivity contribution is 5.78. The topological polar surface area (TPSA) is 48.1 Å². The lowest BCUT2D eigenvalue weighted by Crippen LogP contribution is -2.56. The molecule has 3 aliphatic rings. The molecule has 6 heteroatoms. The summed E-state index contributed by atoms with van der Waals surface area (Å²) < 4.78 is 5.43. The Bertz CT molecular complexity index is 423. The summed E-state index contributed by atoms with van der Waals surface area (Å²) in [6, 6.07) is 0.752. The van der Waals surface area contributed by atoms with Crippen molar-refractivity contribution in [2.24, 2.45) is 0 Å². The largest absolute Gasteiger partial charge is 0.379 e. The first-order valence-corrected chi connectivity index (χ1v) is 10.1. The Hall–Kier alpha value is -0.690. The highest BCUT2D eigenvalue weighted by atomic mass is 16.5.